The van der Waals surface area contributed by atoms with Gasteiger partial charge in [0.25, 0.3) is 0 Å². The van der Waals surface area contributed by atoms with E-state index in [1.165, 1.54) is 33.5 Å². The van der Waals surface area contributed by atoms with E-state index in [2.05, 4.69) is 41.4 Å². The fourth-order valence-corrected chi connectivity index (χ4v) is 4.90. The number of sulfone groups is 1. The van der Waals surface area contributed by atoms with E-state index in [0.29, 0.717) is 23.8 Å². The minimum absolute atomic E-state index is 0.113. The topological polar surface area (TPSA) is 66.5 Å². The van der Waals surface area contributed by atoms with E-state index >= 15 is 0 Å². The minimum atomic E-state index is -3.40. The lowest BCUT2D eigenvalue weighted by Gasteiger charge is -2.21. The molecule has 0 unspecified atom stereocenters. The maximum absolute atomic E-state index is 12.8. The van der Waals surface area contributed by atoms with E-state index in [9.17, 15) is 13.2 Å². The van der Waals surface area contributed by atoms with Crippen LogP contribution in [0.15, 0.2) is 65.6 Å². The van der Waals surface area contributed by atoms with Crippen molar-refractivity contribution < 1.29 is 13.2 Å². The van der Waals surface area contributed by atoms with Gasteiger partial charge in [-0.1, -0.05) is 41.9 Å². The normalized spacial score (nSPS) is 11.6. The first kappa shape index (κ1) is 23.5. The Morgan fingerprint density at radius 1 is 1.10 bits per heavy atom. The Morgan fingerprint density at radius 3 is 2.48 bits per heavy atom. The van der Waals surface area contributed by atoms with Crippen LogP contribution < -0.4 is 5.32 Å². The number of nitrogens with one attached hydrogen (secondary N) is 1. The third kappa shape index (κ3) is 7.18. The highest BCUT2D eigenvalue weighted by atomic mass is 35.5. The molecule has 1 amide bonds. The summed E-state index contributed by atoms with van der Waals surface area (Å²) < 4.78 is 23.6. The number of carbonyl (C=O) groups is 1. The molecule has 0 bridgehead atoms. The van der Waals surface area contributed by atoms with Crippen molar-refractivity contribution in [3.63, 3.8) is 0 Å². The fraction of sp³-hybridized carbons (Fsp3) is 0.261. The number of halogens is 1. The van der Waals surface area contributed by atoms with Gasteiger partial charge < -0.3 is 5.32 Å². The van der Waals surface area contributed by atoms with Gasteiger partial charge in [0.1, 0.15) is 0 Å². The summed E-state index contributed by atoms with van der Waals surface area (Å²) in [7, 11) is -3.40. The Morgan fingerprint density at radius 2 is 1.84 bits per heavy atom. The minimum Gasteiger partial charge on any atom is -0.324 e. The zero-order valence-electron chi connectivity index (χ0n) is 17.5. The summed E-state index contributed by atoms with van der Waals surface area (Å²) in [6.45, 7) is 3.61. The molecule has 2 aromatic carbocycles. The summed E-state index contributed by atoms with van der Waals surface area (Å²) in [6, 6.07) is 18.6. The third-order valence-electron chi connectivity index (χ3n) is 4.74. The number of amides is 1. The molecule has 164 valence electrons. The lowest BCUT2D eigenvalue weighted by atomic mass is 10.1. The van der Waals surface area contributed by atoms with Crippen LogP contribution >= 0.6 is 22.9 Å². The number of anilines is 1. The molecule has 0 fully saturated rings. The predicted octanol–water partition coefficient (Wildman–Crippen LogP) is 4.80. The number of hydrogen-bond donors (Lipinski definition) is 1. The molecule has 3 aromatic rings. The van der Waals surface area contributed by atoms with Crippen molar-refractivity contribution in [3.8, 4) is 0 Å². The van der Waals surface area contributed by atoms with Crippen LogP contribution in [0.1, 0.15) is 15.3 Å². The molecule has 0 aliphatic rings. The number of thiophene rings is 1. The zero-order valence-corrected chi connectivity index (χ0v) is 19.9. The quantitative estimate of drug-likeness (QED) is 0.482. The first-order chi connectivity index (χ1) is 14.7. The number of hydrogen-bond acceptors (Lipinski definition) is 5. The van der Waals surface area contributed by atoms with Crippen LogP contribution in [0, 0.1) is 6.92 Å². The van der Waals surface area contributed by atoms with Crippen LogP contribution in [0.25, 0.3) is 0 Å². The van der Waals surface area contributed by atoms with E-state index in [0.717, 1.165) is 12.7 Å². The molecule has 0 aliphatic heterocycles. The Kier molecular flexibility index (Phi) is 7.89. The monoisotopic (exact) mass is 476 g/mol. The van der Waals surface area contributed by atoms with E-state index in [-0.39, 0.29) is 17.3 Å². The van der Waals surface area contributed by atoms with Crippen molar-refractivity contribution in [2.24, 2.45) is 0 Å². The number of rotatable bonds is 9. The van der Waals surface area contributed by atoms with Gasteiger partial charge in [-0.15, -0.1) is 11.3 Å². The molecular formula is C23H25ClN2O3S2. The summed E-state index contributed by atoms with van der Waals surface area (Å²) in [4.78, 5) is 17.4. The molecule has 31 heavy (non-hydrogen) atoms. The van der Waals surface area contributed by atoms with Crippen molar-refractivity contribution >= 4 is 44.4 Å². The summed E-state index contributed by atoms with van der Waals surface area (Å²) in [6.07, 6.45) is 1.94. The molecule has 0 atom stereocenters. The van der Waals surface area contributed by atoms with E-state index in [1.54, 1.807) is 11.3 Å². The van der Waals surface area contributed by atoms with Crippen molar-refractivity contribution in [3.05, 3.63) is 81.0 Å². The van der Waals surface area contributed by atoms with E-state index in [4.69, 9.17) is 11.6 Å². The van der Waals surface area contributed by atoms with Gasteiger partial charge in [0.2, 0.25) is 5.91 Å². The van der Waals surface area contributed by atoms with Gasteiger partial charge in [0.05, 0.1) is 22.2 Å². The Labute approximate surface area is 192 Å². The summed E-state index contributed by atoms with van der Waals surface area (Å²) in [5, 5.41) is 3.07. The van der Waals surface area contributed by atoms with Gasteiger partial charge in [0, 0.05) is 29.1 Å². The van der Waals surface area contributed by atoms with E-state index in [1.807, 2.05) is 18.2 Å². The smallest absolute Gasteiger partial charge is 0.238 e. The molecule has 5 nitrogen and oxygen atoms in total. The average molecular weight is 477 g/mol. The standard InChI is InChI=1S/C23H25ClN2O3S2/c1-17-8-9-19(30-17)15-26(13-12-18-6-4-3-5-7-18)16-23(27)25-22-14-20(31(2,28)29)10-11-21(22)24/h3-11,14H,12-13,15-16H2,1-2H3,(H,25,27). The molecule has 1 heterocycles. The second-order valence-electron chi connectivity index (χ2n) is 7.42. The van der Waals surface area contributed by atoms with Gasteiger partial charge in [-0.3, -0.25) is 9.69 Å². The Balaban J connectivity index is 1.71. The Bertz CT molecular complexity index is 1140. The fourth-order valence-electron chi connectivity index (χ4n) is 3.16. The molecule has 1 N–H and O–H groups in total. The molecular weight excluding hydrogens is 452 g/mol. The Hall–Kier alpha value is -2.19. The summed E-state index contributed by atoms with van der Waals surface area (Å²) in [5.41, 5.74) is 1.50. The summed E-state index contributed by atoms with van der Waals surface area (Å²) >= 11 is 7.89. The highest BCUT2D eigenvalue weighted by Gasteiger charge is 2.16. The van der Waals surface area contributed by atoms with Crippen LogP contribution in [0.2, 0.25) is 5.02 Å². The number of nitrogens with zero attached hydrogens (tertiary/aromatic N) is 1. The molecule has 0 spiro atoms. The second kappa shape index (κ2) is 10.4. The highest BCUT2D eigenvalue weighted by molar-refractivity contribution is 7.90. The SMILES string of the molecule is Cc1ccc(CN(CCc2ccccc2)CC(=O)Nc2cc(S(C)(=O)=O)ccc2Cl)s1. The van der Waals surface area contributed by atoms with Crippen molar-refractivity contribution in [2.75, 3.05) is 24.7 Å². The first-order valence-electron chi connectivity index (χ1n) is 9.82. The van der Waals surface area contributed by atoms with Crippen LogP contribution in [0.4, 0.5) is 5.69 Å². The van der Waals surface area contributed by atoms with Crippen molar-refractivity contribution in [1.29, 1.82) is 0 Å². The van der Waals surface area contributed by atoms with Crippen molar-refractivity contribution in [2.45, 2.75) is 24.8 Å². The molecule has 3 rings (SSSR count). The van der Waals surface area contributed by atoms with Gasteiger partial charge in [-0.05, 0) is 49.2 Å². The molecule has 0 saturated heterocycles. The number of carbonyl (C=O) groups excluding carboxylic acids is 1. The average Bonchev–Trinajstić information content (AvgIpc) is 3.12. The lowest BCUT2D eigenvalue weighted by Crippen LogP contribution is -2.34. The molecule has 1 aromatic heterocycles. The van der Waals surface area contributed by atoms with Gasteiger partial charge >= 0.3 is 0 Å². The van der Waals surface area contributed by atoms with Crippen LogP contribution in [0.5, 0.6) is 0 Å². The molecule has 0 saturated carbocycles. The number of aryl methyl sites for hydroxylation is 1. The highest BCUT2D eigenvalue weighted by Crippen LogP contribution is 2.25. The largest absolute Gasteiger partial charge is 0.324 e. The van der Waals surface area contributed by atoms with E-state index < -0.39 is 9.84 Å². The van der Waals surface area contributed by atoms with Crippen LogP contribution in [0.3, 0.4) is 0 Å². The van der Waals surface area contributed by atoms with Gasteiger partial charge in [-0.25, -0.2) is 8.42 Å². The van der Waals surface area contributed by atoms with Crippen molar-refractivity contribution in [1.82, 2.24) is 4.90 Å². The predicted molar refractivity (Wildman–Crippen MR) is 128 cm³/mol. The number of benzene rings is 2. The lowest BCUT2D eigenvalue weighted by molar-refractivity contribution is -0.117. The summed E-state index contributed by atoms with van der Waals surface area (Å²) in [5.74, 6) is -0.242. The second-order valence-corrected chi connectivity index (χ2v) is 11.2. The van der Waals surface area contributed by atoms with Crippen LogP contribution in [-0.2, 0) is 27.6 Å². The van der Waals surface area contributed by atoms with Crippen LogP contribution in [-0.4, -0.2) is 38.6 Å². The zero-order chi connectivity index (χ0) is 22.4. The van der Waals surface area contributed by atoms with Gasteiger partial charge in [0.15, 0.2) is 9.84 Å². The molecule has 0 aliphatic carbocycles. The maximum Gasteiger partial charge on any atom is 0.238 e. The third-order valence-corrected chi connectivity index (χ3v) is 7.17. The molecule has 8 heteroatoms. The maximum atomic E-state index is 12.8. The first-order valence-corrected chi connectivity index (χ1v) is 12.9. The van der Waals surface area contributed by atoms with Gasteiger partial charge in [-0.2, -0.15) is 0 Å². The molecule has 0 radical (unpaired) electrons.